The summed E-state index contributed by atoms with van der Waals surface area (Å²) in [5.41, 5.74) is 21.4. The molecular weight excluding hydrogens is 424 g/mol. The molecule has 11 N–H and O–H groups in total. The summed E-state index contributed by atoms with van der Waals surface area (Å²) >= 11 is 0. The lowest BCUT2D eigenvalue weighted by atomic mass is 10.1. The average Bonchev–Trinajstić information content (AvgIpc) is 3.21. The van der Waals surface area contributed by atoms with Crippen LogP contribution in [0.5, 0.6) is 0 Å². The van der Waals surface area contributed by atoms with E-state index >= 15 is 0 Å². The van der Waals surface area contributed by atoms with E-state index in [1.54, 1.807) is 0 Å². The number of nitrogens with one attached hydrogen (secondary N) is 2. The molecule has 1 saturated heterocycles. The molecule has 0 radical (unpaired) electrons. The molecule has 0 aliphatic carbocycles. The van der Waals surface area contributed by atoms with Gasteiger partial charge in [-0.1, -0.05) is 0 Å². The number of amides is 4. The highest BCUT2D eigenvalue weighted by Gasteiger charge is 2.37. The maximum atomic E-state index is 13.2. The molecule has 14 heteroatoms. The average molecular weight is 457 g/mol. The van der Waals surface area contributed by atoms with Crippen molar-refractivity contribution in [2.75, 3.05) is 19.6 Å². The maximum Gasteiger partial charge on any atom is 0.322 e. The maximum absolute atomic E-state index is 13.2. The number of carboxylic acids is 1. The summed E-state index contributed by atoms with van der Waals surface area (Å²) in [6, 6.07) is -2.91. The van der Waals surface area contributed by atoms with E-state index in [-0.39, 0.29) is 38.3 Å². The van der Waals surface area contributed by atoms with Crippen LogP contribution in [0.2, 0.25) is 0 Å². The Hall–Kier alpha value is -3.42. The van der Waals surface area contributed by atoms with Crippen LogP contribution in [0.1, 0.15) is 38.5 Å². The highest BCUT2D eigenvalue weighted by molar-refractivity contribution is 5.94. The van der Waals surface area contributed by atoms with E-state index in [0.29, 0.717) is 19.3 Å². The summed E-state index contributed by atoms with van der Waals surface area (Å²) in [5.74, 6) is -3.65. The van der Waals surface area contributed by atoms with Gasteiger partial charge in [-0.2, -0.15) is 0 Å². The van der Waals surface area contributed by atoms with Crippen LogP contribution >= 0.6 is 0 Å². The van der Waals surface area contributed by atoms with E-state index in [0.717, 1.165) is 0 Å². The van der Waals surface area contributed by atoms with Crippen molar-refractivity contribution < 1.29 is 29.1 Å². The van der Waals surface area contributed by atoms with Gasteiger partial charge in [-0.15, -0.1) is 0 Å². The number of nitrogens with two attached hydrogens (primary N) is 4. The quantitative estimate of drug-likeness (QED) is 0.0817. The lowest BCUT2D eigenvalue weighted by Crippen LogP contribution is -2.56. The van der Waals surface area contributed by atoms with Crippen molar-refractivity contribution in [1.29, 1.82) is 0 Å². The highest BCUT2D eigenvalue weighted by Crippen LogP contribution is 2.20. The van der Waals surface area contributed by atoms with Crippen LogP contribution in [0, 0.1) is 0 Å². The number of aliphatic imine (C=N–C) groups is 1. The van der Waals surface area contributed by atoms with Crippen molar-refractivity contribution >= 4 is 35.6 Å². The molecular formula is C18H32N8O6. The number of rotatable bonds is 13. The summed E-state index contributed by atoms with van der Waals surface area (Å²) in [6.07, 6.45) is 1.36. The van der Waals surface area contributed by atoms with E-state index < -0.39 is 54.3 Å². The van der Waals surface area contributed by atoms with E-state index in [1.165, 1.54) is 4.90 Å². The number of nitrogens with zero attached hydrogens (tertiary/aromatic N) is 2. The third kappa shape index (κ3) is 9.16. The summed E-state index contributed by atoms with van der Waals surface area (Å²) in [6.45, 7) is -0.0685. The molecule has 0 aromatic carbocycles. The molecule has 0 saturated carbocycles. The fourth-order valence-electron chi connectivity index (χ4n) is 3.25. The van der Waals surface area contributed by atoms with Gasteiger partial charge in [0.05, 0.1) is 6.04 Å². The van der Waals surface area contributed by atoms with Gasteiger partial charge in [0, 0.05) is 19.5 Å². The molecule has 180 valence electrons. The van der Waals surface area contributed by atoms with Crippen LogP contribution in [0.15, 0.2) is 4.99 Å². The smallest absolute Gasteiger partial charge is 0.322 e. The predicted octanol–water partition coefficient (Wildman–Crippen LogP) is -3.69. The number of hydrogen-bond acceptors (Lipinski definition) is 7. The number of carboxylic acid groups (broad SMARTS) is 1. The predicted molar refractivity (Wildman–Crippen MR) is 114 cm³/mol. The number of likely N-dealkylation sites (tertiary alicyclic amines) is 1. The van der Waals surface area contributed by atoms with Crippen molar-refractivity contribution in [2.24, 2.45) is 27.9 Å². The van der Waals surface area contributed by atoms with Crippen molar-refractivity contribution in [1.82, 2.24) is 15.5 Å². The Balaban J connectivity index is 2.88. The topological polar surface area (TPSA) is 249 Å². The lowest BCUT2D eigenvalue weighted by molar-refractivity contribution is -0.143. The first kappa shape index (κ1) is 26.6. The van der Waals surface area contributed by atoms with Crippen LogP contribution in [0.3, 0.4) is 0 Å². The minimum Gasteiger partial charge on any atom is -0.480 e. The zero-order valence-electron chi connectivity index (χ0n) is 17.8. The highest BCUT2D eigenvalue weighted by atomic mass is 16.4. The first-order valence-corrected chi connectivity index (χ1v) is 10.2. The molecule has 3 unspecified atom stereocenters. The fourth-order valence-corrected chi connectivity index (χ4v) is 3.25. The summed E-state index contributed by atoms with van der Waals surface area (Å²) in [4.78, 5) is 64.7. The normalized spacial score (nSPS) is 17.2. The van der Waals surface area contributed by atoms with Gasteiger partial charge in [0.15, 0.2) is 5.96 Å². The lowest BCUT2D eigenvalue weighted by Gasteiger charge is -2.29. The van der Waals surface area contributed by atoms with Gasteiger partial charge in [-0.3, -0.25) is 29.0 Å². The van der Waals surface area contributed by atoms with Gasteiger partial charge >= 0.3 is 5.97 Å². The van der Waals surface area contributed by atoms with Gasteiger partial charge in [0.25, 0.3) is 0 Å². The molecule has 4 amide bonds. The Kier molecular flexibility index (Phi) is 10.9. The first-order valence-electron chi connectivity index (χ1n) is 10.2. The van der Waals surface area contributed by atoms with Crippen LogP contribution in [0.25, 0.3) is 0 Å². The number of carbonyl (C=O) groups excluding carboxylic acids is 4. The molecule has 14 nitrogen and oxygen atoms in total. The summed E-state index contributed by atoms with van der Waals surface area (Å²) in [5, 5.41) is 13.6. The molecule has 3 atom stereocenters. The van der Waals surface area contributed by atoms with E-state index in [1.807, 2.05) is 0 Å². The molecule has 1 rings (SSSR count). The summed E-state index contributed by atoms with van der Waals surface area (Å²) in [7, 11) is 0. The Bertz CT molecular complexity index is 739. The van der Waals surface area contributed by atoms with Crippen molar-refractivity contribution in [3.8, 4) is 0 Å². The SMILES string of the molecule is NC(=O)CCC(N)C(=O)NC(CCCN=C(N)N)C(=O)N1CCCC1C(=O)NCC(=O)O. The van der Waals surface area contributed by atoms with Crippen molar-refractivity contribution in [2.45, 2.75) is 56.7 Å². The molecule has 0 aromatic rings. The van der Waals surface area contributed by atoms with Crippen LogP contribution in [-0.4, -0.2) is 83.3 Å². The van der Waals surface area contributed by atoms with Crippen molar-refractivity contribution in [3.63, 3.8) is 0 Å². The minimum atomic E-state index is -1.20. The number of aliphatic carboxylic acids is 1. The second kappa shape index (κ2) is 13.1. The molecule has 0 spiro atoms. The Morgan fingerprint density at radius 3 is 2.41 bits per heavy atom. The molecule has 1 heterocycles. The van der Waals surface area contributed by atoms with Crippen molar-refractivity contribution in [3.05, 3.63) is 0 Å². The van der Waals surface area contributed by atoms with E-state index in [2.05, 4.69) is 15.6 Å². The number of guanidine groups is 1. The van der Waals surface area contributed by atoms with E-state index in [9.17, 15) is 24.0 Å². The second-order valence-electron chi connectivity index (χ2n) is 7.42. The van der Waals surface area contributed by atoms with Gasteiger partial charge < -0.3 is 43.6 Å². The molecule has 0 aromatic heterocycles. The Morgan fingerprint density at radius 2 is 1.81 bits per heavy atom. The second-order valence-corrected chi connectivity index (χ2v) is 7.42. The summed E-state index contributed by atoms with van der Waals surface area (Å²) < 4.78 is 0. The van der Waals surface area contributed by atoms with Crippen LogP contribution < -0.4 is 33.6 Å². The Labute approximate surface area is 185 Å². The third-order valence-electron chi connectivity index (χ3n) is 4.85. The van der Waals surface area contributed by atoms with Gasteiger partial charge in [0.2, 0.25) is 23.6 Å². The first-order chi connectivity index (χ1) is 15.0. The zero-order valence-corrected chi connectivity index (χ0v) is 17.8. The van der Waals surface area contributed by atoms with E-state index in [4.69, 9.17) is 28.0 Å². The number of hydrogen-bond donors (Lipinski definition) is 7. The molecule has 32 heavy (non-hydrogen) atoms. The van der Waals surface area contributed by atoms with Gasteiger partial charge in [-0.05, 0) is 32.1 Å². The van der Waals surface area contributed by atoms with Gasteiger partial charge in [0.1, 0.15) is 18.6 Å². The minimum absolute atomic E-state index is 0.0139. The largest absolute Gasteiger partial charge is 0.480 e. The third-order valence-corrected chi connectivity index (χ3v) is 4.85. The fraction of sp³-hybridized carbons (Fsp3) is 0.667. The molecule has 1 aliphatic rings. The number of primary amides is 1. The molecule has 1 aliphatic heterocycles. The monoisotopic (exact) mass is 456 g/mol. The van der Waals surface area contributed by atoms with Crippen LogP contribution in [0.4, 0.5) is 0 Å². The zero-order chi connectivity index (χ0) is 24.3. The molecule has 0 bridgehead atoms. The Morgan fingerprint density at radius 1 is 1.12 bits per heavy atom. The molecule has 1 fully saturated rings. The standard InChI is InChI=1S/C18H32N8O6/c19-10(5-6-13(20)27)15(30)25-11(3-1-7-23-18(21)22)17(32)26-8-2-4-12(26)16(31)24-9-14(28)29/h10-12H,1-9,19H2,(H2,20,27)(H,24,31)(H,25,30)(H,28,29)(H4,21,22,23). The number of carbonyl (C=O) groups is 5. The van der Waals surface area contributed by atoms with Gasteiger partial charge in [-0.25, -0.2) is 0 Å². The van der Waals surface area contributed by atoms with Crippen LogP contribution in [-0.2, 0) is 24.0 Å².